The summed E-state index contributed by atoms with van der Waals surface area (Å²) in [6, 6.07) is 7.35. The van der Waals surface area contributed by atoms with Gasteiger partial charge >= 0.3 is 6.03 Å². The summed E-state index contributed by atoms with van der Waals surface area (Å²) in [5, 5.41) is 14.4. The lowest BCUT2D eigenvalue weighted by Crippen LogP contribution is -2.38. The number of hydrogen-bond acceptors (Lipinski definition) is 3. The molecule has 1 aromatic carbocycles. The quantitative estimate of drug-likeness (QED) is 0.790. The Balaban J connectivity index is 1.96. The van der Waals surface area contributed by atoms with Crippen LogP contribution in [0.1, 0.15) is 26.2 Å². The fraction of sp³-hybridized carbons (Fsp3) is 0.533. The van der Waals surface area contributed by atoms with Crippen molar-refractivity contribution in [2.45, 2.75) is 32.2 Å². The number of piperidine rings is 1. The van der Waals surface area contributed by atoms with Crippen LogP contribution in [0.3, 0.4) is 0 Å². The normalized spacial score (nSPS) is 16.6. The summed E-state index contributed by atoms with van der Waals surface area (Å²) in [5.74, 6) is 0. The molecule has 1 atom stereocenters. The Labute approximate surface area is 120 Å². The SMILES string of the molecule is C[C@@H](CO)NC(=O)Nc1cccc(N2CCCCC2)c1. The zero-order valence-electron chi connectivity index (χ0n) is 11.9. The lowest BCUT2D eigenvalue weighted by atomic mass is 10.1. The van der Waals surface area contributed by atoms with Gasteiger partial charge in [0.1, 0.15) is 0 Å². The number of hydrogen-bond donors (Lipinski definition) is 3. The second-order valence-corrected chi connectivity index (χ2v) is 5.28. The zero-order valence-corrected chi connectivity index (χ0v) is 11.9. The molecule has 1 aliphatic rings. The molecule has 110 valence electrons. The molecule has 0 saturated carbocycles. The lowest BCUT2D eigenvalue weighted by Gasteiger charge is -2.29. The van der Waals surface area contributed by atoms with E-state index in [9.17, 15) is 4.79 Å². The average Bonchev–Trinajstić information content (AvgIpc) is 2.48. The molecule has 2 amide bonds. The number of nitrogens with zero attached hydrogens (tertiary/aromatic N) is 1. The van der Waals surface area contributed by atoms with E-state index in [4.69, 9.17) is 5.11 Å². The van der Waals surface area contributed by atoms with Crippen LogP contribution in [0.2, 0.25) is 0 Å². The van der Waals surface area contributed by atoms with Gasteiger partial charge in [-0.25, -0.2) is 4.79 Å². The largest absolute Gasteiger partial charge is 0.394 e. The van der Waals surface area contributed by atoms with Gasteiger partial charge in [-0.2, -0.15) is 0 Å². The van der Waals surface area contributed by atoms with E-state index in [1.165, 1.54) is 19.3 Å². The Morgan fingerprint density at radius 2 is 2.10 bits per heavy atom. The molecule has 2 rings (SSSR count). The summed E-state index contributed by atoms with van der Waals surface area (Å²) in [5.41, 5.74) is 1.92. The fourth-order valence-corrected chi connectivity index (χ4v) is 2.37. The molecule has 0 radical (unpaired) electrons. The summed E-state index contributed by atoms with van der Waals surface area (Å²) in [7, 11) is 0. The van der Waals surface area contributed by atoms with E-state index in [-0.39, 0.29) is 18.7 Å². The van der Waals surface area contributed by atoms with Gasteiger partial charge in [0.2, 0.25) is 0 Å². The number of urea groups is 1. The minimum Gasteiger partial charge on any atom is -0.394 e. The van der Waals surface area contributed by atoms with E-state index in [2.05, 4.69) is 21.6 Å². The molecule has 3 N–H and O–H groups in total. The van der Waals surface area contributed by atoms with Crippen LogP contribution in [0, 0.1) is 0 Å². The van der Waals surface area contributed by atoms with Crippen molar-refractivity contribution in [3.05, 3.63) is 24.3 Å². The number of carbonyl (C=O) groups is 1. The number of benzene rings is 1. The predicted octanol–water partition coefficient (Wildman–Crippen LogP) is 2.18. The van der Waals surface area contributed by atoms with Crippen molar-refractivity contribution in [3.63, 3.8) is 0 Å². The molecule has 1 heterocycles. The summed E-state index contributed by atoms with van der Waals surface area (Å²) in [6.45, 7) is 3.85. The van der Waals surface area contributed by atoms with Crippen molar-refractivity contribution in [2.75, 3.05) is 29.9 Å². The number of carbonyl (C=O) groups excluding carboxylic acids is 1. The standard InChI is InChI=1S/C15H23N3O2/c1-12(11-19)16-15(20)17-13-6-5-7-14(10-13)18-8-3-2-4-9-18/h5-7,10,12,19H,2-4,8-9,11H2,1H3,(H2,16,17,20)/t12-/m0/s1. The first-order valence-electron chi connectivity index (χ1n) is 7.22. The third kappa shape index (κ3) is 4.13. The van der Waals surface area contributed by atoms with Crippen molar-refractivity contribution in [3.8, 4) is 0 Å². The molecule has 0 bridgehead atoms. The number of nitrogens with one attached hydrogen (secondary N) is 2. The third-order valence-corrected chi connectivity index (χ3v) is 3.48. The van der Waals surface area contributed by atoms with Gasteiger partial charge in [0, 0.05) is 24.5 Å². The summed E-state index contributed by atoms with van der Waals surface area (Å²) in [6.07, 6.45) is 3.76. The Bertz CT molecular complexity index is 444. The molecular formula is C15H23N3O2. The Morgan fingerprint density at radius 1 is 1.35 bits per heavy atom. The van der Waals surface area contributed by atoms with E-state index < -0.39 is 0 Å². The average molecular weight is 277 g/mol. The van der Waals surface area contributed by atoms with Crippen LogP contribution in [0.4, 0.5) is 16.2 Å². The molecule has 0 spiro atoms. The zero-order chi connectivity index (χ0) is 14.4. The van der Waals surface area contributed by atoms with E-state index >= 15 is 0 Å². The second-order valence-electron chi connectivity index (χ2n) is 5.28. The predicted molar refractivity (Wildman–Crippen MR) is 81.2 cm³/mol. The molecule has 5 nitrogen and oxygen atoms in total. The first-order chi connectivity index (χ1) is 9.69. The van der Waals surface area contributed by atoms with Gasteiger partial charge in [-0.1, -0.05) is 6.07 Å². The van der Waals surface area contributed by atoms with Crippen LogP contribution in [-0.4, -0.2) is 36.9 Å². The molecule has 20 heavy (non-hydrogen) atoms. The Hall–Kier alpha value is -1.75. The third-order valence-electron chi connectivity index (χ3n) is 3.48. The van der Waals surface area contributed by atoms with Crippen LogP contribution >= 0.6 is 0 Å². The van der Waals surface area contributed by atoms with Crippen LogP contribution in [0.25, 0.3) is 0 Å². The van der Waals surface area contributed by atoms with Gasteiger partial charge in [-0.3, -0.25) is 0 Å². The topological polar surface area (TPSA) is 64.6 Å². The van der Waals surface area contributed by atoms with Crippen molar-refractivity contribution in [1.29, 1.82) is 0 Å². The molecule has 1 aromatic rings. The van der Waals surface area contributed by atoms with E-state index in [1.807, 2.05) is 18.2 Å². The van der Waals surface area contributed by atoms with Crippen LogP contribution in [-0.2, 0) is 0 Å². The maximum Gasteiger partial charge on any atom is 0.319 e. The van der Waals surface area contributed by atoms with Crippen LogP contribution in [0.15, 0.2) is 24.3 Å². The first-order valence-corrected chi connectivity index (χ1v) is 7.22. The summed E-state index contributed by atoms with van der Waals surface area (Å²) < 4.78 is 0. The number of amides is 2. The second kappa shape index (κ2) is 7.14. The fourth-order valence-electron chi connectivity index (χ4n) is 2.37. The highest BCUT2D eigenvalue weighted by molar-refractivity contribution is 5.90. The van der Waals surface area contributed by atoms with Gasteiger partial charge in [-0.05, 0) is 44.4 Å². The molecule has 0 unspecified atom stereocenters. The summed E-state index contributed by atoms with van der Waals surface area (Å²) >= 11 is 0. The van der Waals surface area contributed by atoms with Crippen molar-refractivity contribution in [2.24, 2.45) is 0 Å². The molecule has 5 heteroatoms. The van der Waals surface area contributed by atoms with E-state index in [0.717, 1.165) is 24.5 Å². The molecule has 0 aromatic heterocycles. The van der Waals surface area contributed by atoms with E-state index in [1.54, 1.807) is 6.92 Å². The van der Waals surface area contributed by atoms with Crippen LogP contribution in [0.5, 0.6) is 0 Å². The van der Waals surface area contributed by atoms with Gasteiger partial charge in [0.05, 0.1) is 12.6 Å². The lowest BCUT2D eigenvalue weighted by molar-refractivity contribution is 0.229. The number of aliphatic hydroxyl groups is 1. The highest BCUT2D eigenvalue weighted by Gasteiger charge is 2.12. The summed E-state index contributed by atoms with van der Waals surface area (Å²) in [4.78, 5) is 14.1. The Kier molecular flexibility index (Phi) is 5.24. The minimum absolute atomic E-state index is 0.0682. The number of rotatable bonds is 4. The Morgan fingerprint density at radius 3 is 2.80 bits per heavy atom. The van der Waals surface area contributed by atoms with Gasteiger partial charge in [0.15, 0.2) is 0 Å². The first kappa shape index (κ1) is 14.7. The van der Waals surface area contributed by atoms with Crippen molar-refractivity contribution in [1.82, 2.24) is 5.32 Å². The maximum absolute atomic E-state index is 11.7. The van der Waals surface area contributed by atoms with Gasteiger partial charge in [0.25, 0.3) is 0 Å². The van der Waals surface area contributed by atoms with Gasteiger partial charge < -0.3 is 20.6 Å². The molecule has 0 aliphatic carbocycles. The highest BCUT2D eigenvalue weighted by atomic mass is 16.3. The molecular weight excluding hydrogens is 254 g/mol. The van der Waals surface area contributed by atoms with Gasteiger partial charge in [-0.15, -0.1) is 0 Å². The smallest absolute Gasteiger partial charge is 0.319 e. The maximum atomic E-state index is 11.7. The van der Waals surface area contributed by atoms with Crippen molar-refractivity contribution < 1.29 is 9.90 Å². The van der Waals surface area contributed by atoms with E-state index in [0.29, 0.717) is 0 Å². The molecule has 1 aliphatic heterocycles. The number of anilines is 2. The highest BCUT2D eigenvalue weighted by Crippen LogP contribution is 2.22. The molecule has 1 fully saturated rings. The molecule has 1 saturated heterocycles. The number of aliphatic hydroxyl groups excluding tert-OH is 1. The monoisotopic (exact) mass is 277 g/mol. The van der Waals surface area contributed by atoms with Crippen molar-refractivity contribution >= 4 is 17.4 Å². The minimum atomic E-state index is -0.289. The van der Waals surface area contributed by atoms with Crippen LogP contribution < -0.4 is 15.5 Å².